The Hall–Kier alpha value is -1.18. The second-order valence-electron chi connectivity index (χ2n) is 2.14. The van der Waals surface area contributed by atoms with E-state index in [0.717, 1.165) is 5.56 Å². The Morgan fingerprint density at radius 3 is 2.70 bits per heavy atom. The predicted octanol–water partition coefficient (Wildman–Crippen LogP) is 1.41. The highest BCUT2D eigenvalue weighted by atomic mass is 16.1. The molecule has 0 amide bonds. The Kier molecular flexibility index (Phi) is 1.81. The molecule has 0 saturated carbocycles. The Balaban J connectivity index is 3.00. The molecule has 0 saturated heterocycles. The maximum atomic E-state index is 10.6. The summed E-state index contributed by atoms with van der Waals surface area (Å²) in [5, 5.41) is 0. The van der Waals surface area contributed by atoms with Crippen molar-refractivity contribution < 1.29 is 4.79 Å². The van der Waals surface area contributed by atoms with Gasteiger partial charge >= 0.3 is 0 Å². The fourth-order valence-corrected chi connectivity index (χ4v) is 0.633. The van der Waals surface area contributed by atoms with Gasteiger partial charge in [0.15, 0.2) is 5.78 Å². The SMILES string of the molecule is [CH2]C(=O)c1ccc(C)cn1. The summed E-state index contributed by atoms with van der Waals surface area (Å²) < 4.78 is 0. The van der Waals surface area contributed by atoms with Crippen LogP contribution in [0, 0.1) is 13.8 Å². The summed E-state index contributed by atoms with van der Waals surface area (Å²) >= 11 is 0. The van der Waals surface area contributed by atoms with Crippen LogP contribution in [0.1, 0.15) is 16.1 Å². The summed E-state index contributed by atoms with van der Waals surface area (Å²) in [4.78, 5) is 14.4. The van der Waals surface area contributed by atoms with Crippen molar-refractivity contribution in [1.82, 2.24) is 4.98 Å². The van der Waals surface area contributed by atoms with Crippen molar-refractivity contribution in [2.24, 2.45) is 0 Å². The van der Waals surface area contributed by atoms with Crippen molar-refractivity contribution in [3.63, 3.8) is 0 Å². The van der Waals surface area contributed by atoms with Gasteiger partial charge in [-0.15, -0.1) is 0 Å². The monoisotopic (exact) mass is 134 g/mol. The van der Waals surface area contributed by atoms with Crippen LogP contribution >= 0.6 is 0 Å². The van der Waals surface area contributed by atoms with Crippen LogP contribution in [-0.4, -0.2) is 10.8 Å². The van der Waals surface area contributed by atoms with Crippen LogP contribution in [0.5, 0.6) is 0 Å². The standard InChI is InChI=1S/C8H8NO/c1-6-3-4-8(7(2)10)9-5-6/h3-5H,2H2,1H3. The molecule has 51 valence electrons. The third-order valence-electron chi connectivity index (χ3n) is 1.20. The number of hydrogen-bond acceptors (Lipinski definition) is 2. The summed E-state index contributed by atoms with van der Waals surface area (Å²) in [6.45, 7) is 5.16. The Bertz CT molecular complexity index is 238. The van der Waals surface area contributed by atoms with Crippen molar-refractivity contribution in [3.05, 3.63) is 36.5 Å². The van der Waals surface area contributed by atoms with Crippen LogP contribution in [0.25, 0.3) is 0 Å². The maximum Gasteiger partial charge on any atom is 0.181 e. The van der Waals surface area contributed by atoms with E-state index in [1.807, 2.05) is 13.0 Å². The molecule has 0 unspecified atom stereocenters. The lowest BCUT2D eigenvalue weighted by molar-refractivity contribution is 0.104. The average Bonchev–Trinajstić information content (AvgIpc) is 1.88. The van der Waals surface area contributed by atoms with Gasteiger partial charge in [-0.25, -0.2) is 0 Å². The minimum atomic E-state index is -0.236. The second-order valence-corrected chi connectivity index (χ2v) is 2.14. The fourth-order valence-electron chi connectivity index (χ4n) is 0.633. The maximum absolute atomic E-state index is 10.6. The molecule has 10 heavy (non-hydrogen) atoms. The Labute approximate surface area is 59.9 Å². The first-order chi connectivity index (χ1) is 4.70. The van der Waals surface area contributed by atoms with Gasteiger partial charge in [-0.05, 0) is 18.6 Å². The third-order valence-corrected chi connectivity index (χ3v) is 1.20. The van der Waals surface area contributed by atoms with Gasteiger partial charge in [0.05, 0.1) is 0 Å². The molecule has 1 radical (unpaired) electrons. The summed E-state index contributed by atoms with van der Waals surface area (Å²) in [7, 11) is 0. The summed E-state index contributed by atoms with van der Waals surface area (Å²) in [6, 6.07) is 3.51. The van der Waals surface area contributed by atoms with Crippen molar-refractivity contribution >= 4 is 5.78 Å². The van der Waals surface area contributed by atoms with Crippen molar-refractivity contribution in [2.45, 2.75) is 6.92 Å². The predicted molar refractivity (Wildman–Crippen MR) is 38.7 cm³/mol. The zero-order valence-corrected chi connectivity index (χ0v) is 5.79. The number of nitrogens with zero attached hydrogens (tertiary/aromatic N) is 1. The van der Waals surface area contributed by atoms with E-state index >= 15 is 0 Å². The molecule has 0 aromatic carbocycles. The number of hydrogen-bond donors (Lipinski definition) is 0. The Morgan fingerprint density at radius 2 is 2.30 bits per heavy atom. The molecular formula is C8H8NO. The molecule has 0 bridgehead atoms. The molecule has 0 aliphatic heterocycles. The summed E-state index contributed by atoms with van der Waals surface area (Å²) in [5.74, 6) is -0.236. The van der Waals surface area contributed by atoms with Gasteiger partial charge in [0.1, 0.15) is 5.69 Å². The van der Waals surface area contributed by atoms with Crippen LogP contribution in [0.15, 0.2) is 18.3 Å². The fraction of sp³-hybridized carbons (Fsp3) is 0.125. The lowest BCUT2D eigenvalue weighted by Gasteiger charge is -1.92. The molecule has 2 nitrogen and oxygen atoms in total. The molecule has 2 heteroatoms. The van der Waals surface area contributed by atoms with Gasteiger partial charge in [-0.2, -0.15) is 0 Å². The van der Waals surface area contributed by atoms with Crippen molar-refractivity contribution in [2.75, 3.05) is 0 Å². The number of Topliss-reactive ketones (excluding diaryl/α,β-unsaturated/α-hetero) is 1. The number of rotatable bonds is 1. The van der Waals surface area contributed by atoms with Gasteiger partial charge in [-0.3, -0.25) is 9.78 Å². The lowest BCUT2D eigenvalue weighted by atomic mass is 10.2. The number of ketones is 1. The topological polar surface area (TPSA) is 30.0 Å². The number of pyridine rings is 1. The minimum Gasteiger partial charge on any atom is -0.292 e. The normalized spacial score (nSPS) is 9.40. The van der Waals surface area contributed by atoms with Crippen molar-refractivity contribution in [3.8, 4) is 0 Å². The van der Waals surface area contributed by atoms with Crippen LogP contribution in [0.3, 0.4) is 0 Å². The first-order valence-electron chi connectivity index (χ1n) is 2.99. The van der Waals surface area contributed by atoms with E-state index in [9.17, 15) is 4.79 Å². The van der Waals surface area contributed by atoms with E-state index in [0.29, 0.717) is 5.69 Å². The first kappa shape index (κ1) is 6.93. The van der Waals surface area contributed by atoms with Crippen molar-refractivity contribution in [1.29, 1.82) is 0 Å². The minimum absolute atomic E-state index is 0.236. The number of carbonyl (C=O) groups is 1. The van der Waals surface area contributed by atoms with Gasteiger partial charge < -0.3 is 0 Å². The molecule has 0 spiro atoms. The molecule has 1 aromatic heterocycles. The van der Waals surface area contributed by atoms with Crippen LogP contribution in [0.4, 0.5) is 0 Å². The zero-order chi connectivity index (χ0) is 7.56. The molecular weight excluding hydrogens is 126 g/mol. The summed E-state index contributed by atoms with van der Waals surface area (Å²) in [5.41, 5.74) is 1.47. The molecule has 0 atom stereocenters. The van der Waals surface area contributed by atoms with E-state index in [1.54, 1.807) is 12.3 Å². The first-order valence-corrected chi connectivity index (χ1v) is 2.99. The van der Waals surface area contributed by atoms with E-state index in [-0.39, 0.29) is 5.78 Å². The average molecular weight is 134 g/mol. The molecule has 0 fully saturated rings. The molecule has 0 N–H and O–H groups in total. The lowest BCUT2D eigenvalue weighted by Crippen LogP contribution is -1.95. The van der Waals surface area contributed by atoms with Gasteiger partial charge in [0.2, 0.25) is 0 Å². The highest BCUT2D eigenvalue weighted by Crippen LogP contribution is 1.97. The molecule has 1 heterocycles. The van der Waals surface area contributed by atoms with Crippen LogP contribution in [-0.2, 0) is 0 Å². The Morgan fingerprint density at radius 1 is 1.60 bits per heavy atom. The quantitative estimate of drug-likeness (QED) is 0.543. The van der Waals surface area contributed by atoms with E-state index in [4.69, 9.17) is 0 Å². The third kappa shape index (κ3) is 1.41. The molecule has 1 rings (SSSR count). The summed E-state index contributed by atoms with van der Waals surface area (Å²) in [6.07, 6.45) is 1.65. The van der Waals surface area contributed by atoms with E-state index in [1.165, 1.54) is 0 Å². The molecule has 0 aliphatic rings. The van der Waals surface area contributed by atoms with E-state index < -0.39 is 0 Å². The number of aryl methyl sites for hydroxylation is 1. The number of aromatic nitrogens is 1. The smallest absolute Gasteiger partial charge is 0.181 e. The van der Waals surface area contributed by atoms with Gasteiger partial charge in [-0.1, -0.05) is 6.07 Å². The number of carbonyl (C=O) groups excluding carboxylic acids is 1. The van der Waals surface area contributed by atoms with E-state index in [2.05, 4.69) is 11.9 Å². The van der Waals surface area contributed by atoms with Crippen LogP contribution < -0.4 is 0 Å². The van der Waals surface area contributed by atoms with Gasteiger partial charge in [0, 0.05) is 13.1 Å². The van der Waals surface area contributed by atoms with Crippen LogP contribution in [0.2, 0.25) is 0 Å². The molecule has 0 aliphatic carbocycles. The zero-order valence-electron chi connectivity index (χ0n) is 5.79. The van der Waals surface area contributed by atoms with Gasteiger partial charge in [0.25, 0.3) is 0 Å². The highest BCUT2D eigenvalue weighted by molar-refractivity contribution is 5.97. The second kappa shape index (κ2) is 2.60. The molecule has 1 aromatic rings. The highest BCUT2D eigenvalue weighted by Gasteiger charge is 1.97. The largest absolute Gasteiger partial charge is 0.292 e.